The first-order chi connectivity index (χ1) is 15.2. The molecule has 2 aromatic carbocycles. The summed E-state index contributed by atoms with van der Waals surface area (Å²) in [6.45, 7) is 2.41. The summed E-state index contributed by atoms with van der Waals surface area (Å²) in [6, 6.07) is 11.8. The van der Waals surface area contributed by atoms with E-state index >= 15 is 0 Å². The van der Waals surface area contributed by atoms with Crippen molar-refractivity contribution in [1.29, 1.82) is 0 Å². The lowest BCUT2D eigenvalue weighted by Crippen LogP contribution is -2.17. The fourth-order valence-electron chi connectivity index (χ4n) is 3.50. The van der Waals surface area contributed by atoms with Crippen molar-refractivity contribution in [3.63, 3.8) is 0 Å². The topological polar surface area (TPSA) is 78.4 Å². The van der Waals surface area contributed by atoms with Gasteiger partial charge in [0.25, 0.3) is 0 Å². The number of ether oxygens (including phenoxy) is 3. The molecule has 0 saturated heterocycles. The van der Waals surface area contributed by atoms with Crippen LogP contribution in [0.25, 0.3) is 11.3 Å². The molecular weight excluding hydrogens is 480 g/mol. The number of aromatic nitrogens is 3. The van der Waals surface area contributed by atoms with Crippen molar-refractivity contribution < 1.29 is 14.2 Å². The van der Waals surface area contributed by atoms with Gasteiger partial charge in [-0.25, -0.2) is 0 Å². The van der Waals surface area contributed by atoms with E-state index in [0.717, 1.165) is 33.5 Å². The molecule has 160 valence electrons. The number of unbranched alkanes of at least 4 members (excludes halogenated alkanes) is 2. The normalized spacial score (nSPS) is 16.0. The minimum Gasteiger partial charge on any atom is -0.454 e. The van der Waals surface area contributed by atoms with E-state index in [1.54, 1.807) is 11.8 Å². The molecule has 1 unspecified atom stereocenters. The summed E-state index contributed by atoms with van der Waals surface area (Å²) in [6.07, 6.45) is 3.00. The van der Waals surface area contributed by atoms with Gasteiger partial charge in [0.1, 0.15) is 0 Å². The second-order valence-electron chi connectivity index (χ2n) is 7.22. The van der Waals surface area contributed by atoms with E-state index in [1.165, 1.54) is 12.8 Å². The zero-order valence-corrected chi connectivity index (χ0v) is 19.3. The number of nitrogens with one attached hydrogen (secondary N) is 1. The lowest BCUT2D eigenvalue weighted by molar-refractivity contribution is 0.173. The Kier molecular flexibility index (Phi) is 5.87. The molecule has 0 spiro atoms. The number of nitrogens with zero attached hydrogens (tertiary/aromatic N) is 3. The van der Waals surface area contributed by atoms with Crippen molar-refractivity contribution in [1.82, 2.24) is 15.2 Å². The van der Waals surface area contributed by atoms with Crippen LogP contribution in [0.4, 0.5) is 5.69 Å². The molecule has 0 amide bonds. The smallest absolute Gasteiger partial charge is 0.247 e. The predicted octanol–water partition coefficient (Wildman–Crippen LogP) is 5.82. The highest BCUT2D eigenvalue weighted by atomic mass is 79.9. The molecule has 0 radical (unpaired) electrons. The Balaban J connectivity index is 1.52. The predicted molar refractivity (Wildman–Crippen MR) is 123 cm³/mol. The van der Waals surface area contributed by atoms with Gasteiger partial charge in [0.2, 0.25) is 17.8 Å². The Hall–Kier alpha value is -2.52. The van der Waals surface area contributed by atoms with Crippen molar-refractivity contribution in [2.24, 2.45) is 0 Å². The van der Waals surface area contributed by atoms with Crippen molar-refractivity contribution in [3.8, 4) is 28.6 Å². The van der Waals surface area contributed by atoms with Gasteiger partial charge >= 0.3 is 0 Å². The third-order valence-electron chi connectivity index (χ3n) is 5.09. The monoisotopic (exact) mass is 500 g/mol. The molecule has 3 heterocycles. The molecule has 0 aliphatic carbocycles. The number of fused-ring (bicyclic) bond motifs is 4. The molecule has 5 rings (SSSR count). The van der Waals surface area contributed by atoms with E-state index in [4.69, 9.17) is 19.2 Å². The van der Waals surface area contributed by atoms with Crippen LogP contribution in [0.3, 0.4) is 0 Å². The van der Waals surface area contributed by atoms with Gasteiger partial charge < -0.3 is 19.5 Å². The van der Waals surface area contributed by atoms with E-state index in [9.17, 15) is 0 Å². The van der Waals surface area contributed by atoms with Gasteiger partial charge in [0.05, 0.1) is 0 Å². The Morgan fingerprint density at radius 3 is 2.84 bits per heavy atom. The van der Waals surface area contributed by atoms with Gasteiger partial charge in [-0.3, -0.25) is 0 Å². The summed E-state index contributed by atoms with van der Waals surface area (Å²) in [5, 5.41) is 12.9. The Morgan fingerprint density at radius 2 is 1.97 bits per heavy atom. The van der Waals surface area contributed by atoms with Crippen molar-refractivity contribution >= 4 is 33.4 Å². The van der Waals surface area contributed by atoms with Crippen molar-refractivity contribution in [3.05, 3.63) is 46.4 Å². The molecular formula is C22H21BrN4O3S. The number of halogens is 1. The van der Waals surface area contributed by atoms with Crippen LogP contribution >= 0.6 is 27.7 Å². The van der Waals surface area contributed by atoms with Gasteiger partial charge in [-0.15, -0.1) is 10.2 Å². The van der Waals surface area contributed by atoms with E-state index in [-0.39, 0.29) is 6.79 Å². The molecule has 1 atom stereocenters. The number of para-hydroxylation sites is 1. The molecule has 0 saturated carbocycles. The van der Waals surface area contributed by atoms with Crippen LogP contribution in [0.15, 0.2) is 46.0 Å². The van der Waals surface area contributed by atoms with E-state index in [2.05, 4.69) is 38.4 Å². The Bertz CT molecular complexity index is 1110. The first-order valence-electron chi connectivity index (χ1n) is 10.2. The number of rotatable bonds is 6. The minimum absolute atomic E-state index is 0.214. The van der Waals surface area contributed by atoms with Crippen LogP contribution in [0.5, 0.6) is 17.4 Å². The molecule has 9 heteroatoms. The van der Waals surface area contributed by atoms with Crippen LogP contribution in [-0.4, -0.2) is 27.7 Å². The van der Waals surface area contributed by atoms with Gasteiger partial charge in [0.15, 0.2) is 23.4 Å². The molecule has 1 aromatic heterocycles. The summed E-state index contributed by atoms with van der Waals surface area (Å²) in [7, 11) is 0. The van der Waals surface area contributed by atoms with Crippen molar-refractivity contribution in [2.75, 3.05) is 17.9 Å². The van der Waals surface area contributed by atoms with Crippen LogP contribution in [0, 0.1) is 0 Å². The maximum atomic E-state index is 6.37. The van der Waals surface area contributed by atoms with Crippen LogP contribution in [-0.2, 0) is 0 Å². The van der Waals surface area contributed by atoms with E-state index in [1.807, 2.05) is 36.4 Å². The fraction of sp³-hybridized carbons (Fsp3) is 0.318. The van der Waals surface area contributed by atoms with Crippen LogP contribution < -0.4 is 19.5 Å². The van der Waals surface area contributed by atoms with Gasteiger partial charge in [-0.1, -0.05) is 65.7 Å². The zero-order chi connectivity index (χ0) is 21.2. The summed E-state index contributed by atoms with van der Waals surface area (Å²) < 4.78 is 18.3. The molecule has 0 fully saturated rings. The average Bonchev–Trinajstić information content (AvgIpc) is 3.16. The third-order valence-corrected chi connectivity index (χ3v) is 6.70. The fourth-order valence-corrected chi connectivity index (χ4v) is 4.81. The van der Waals surface area contributed by atoms with E-state index < -0.39 is 6.23 Å². The van der Waals surface area contributed by atoms with Crippen molar-refractivity contribution in [2.45, 2.75) is 37.6 Å². The SMILES string of the molecule is CCCCCSc1nnc2c(n1)OC(c1cc3c(cc1Br)OCO3)Nc1ccccc1-2. The Morgan fingerprint density at radius 1 is 1.13 bits per heavy atom. The second-order valence-corrected chi connectivity index (χ2v) is 9.13. The van der Waals surface area contributed by atoms with Crippen LogP contribution in [0.2, 0.25) is 0 Å². The minimum atomic E-state index is -0.499. The lowest BCUT2D eigenvalue weighted by atomic mass is 10.1. The molecule has 7 nitrogen and oxygen atoms in total. The van der Waals surface area contributed by atoms with E-state index in [0.29, 0.717) is 28.2 Å². The summed E-state index contributed by atoms with van der Waals surface area (Å²) >= 11 is 5.25. The maximum absolute atomic E-state index is 6.37. The molecule has 0 bridgehead atoms. The maximum Gasteiger partial charge on any atom is 0.247 e. The van der Waals surface area contributed by atoms with Gasteiger partial charge in [-0.05, 0) is 24.6 Å². The molecule has 3 aromatic rings. The van der Waals surface area contributed by atoms with Crippen LogP contribution in [0.1, 0.15) is 38.0 Å². The quantitative estimate of drug-likeness (QED) is 0.335. The average molecular weight is 501 g/mol. The molecule has 1 N–H and O–H groups in total. The zero-order valence-electron chi connectivity index (χ0n) is 16.9. The summed E-state index contributed by atoms with van der Waals surface area (Å²) in [5.74, 6) is 2.81. The lowest BCUT2D eigenvalue weighted by Gasteiger charge is -2.20. The molecule has 2 aliphatic heterocycles. The summed E-state index contributed by atoms with van der Waals surface area (Å²) in [5.41, 5.74) is 3.30. The highest BCUT2D eigenvalue weighted by Crippen LogP contribution is 2.44. The molecule has 31 heavy (non-hydrogen) atoms. The number of anilines is 1. The first kappa shape index (κ1) is 20.4. The molecule has 2 aliphatic rings. The number of benzene rings is 2. The third kappa shape index (κ3) is 4.16. The standard InChI is InChI=1S/C22H21BrN4O3S/c1-2-3-6-9-31-22-25-21-19(26-27-22)13-7-4-5-8-16(13)24-20(30-21)14-10-17-18(11-15(14)23)29-12-28-17/h4-5,7-8,10-11,20,24H,2-3,6,9,12H2,1H3. The van der Waals surface area contributed by atoms with Gasteiger partial charge in [-0.2, -0.15) is 4.98 Å². The number of hydrogen-bond donors (Lipinski definition) is 1. The summed E-state index contributed by atoms with van der Waals surface area (Å²) in [4.78, 5) is 4.70. The highest BCUT2D eigenvalue weighted by Gasteiger charge is 2.29. The number of hydrogen-bond acceptors (Lipinski definition) is 8. The van der Waals surface area contributed by atoms with Gasteiger partial charge in [0, 0.05) is 27.0 Å². The highest BCUT2D eigenvalue weighted by molar-refractivity contribution is 9.10. The number of thioether (sulfide) groups is 1. The largest absolute Gasteiger partial charge is 0.454 e. The Labute approximate surface area is 193 Å². The first-order valence-corrected chi connectivity index (χ1v) is 12.0. The second kappa shape index (κ2) is 8.92.